The smallest absolute Gasteiger partial charge is 0.408 e. The zero-order chi connectivity index (χ0) is 21.6. The molecule has 1 heterocycles. The number of carbonyl (C=O) groups excluding carboxylic acids is 3. The summed E-state index contributed by atoms with van der Waals surface area (Å²) in [5, 5.41) is 2.57. The van der Waals surface area contributed by atoms with Crippen LogP contribution < -0.4 is 15.0 Å². The van der Waals surface area contributed by atoms with Crippen LogP contribution in [0.2, 0.25) is 0 Å². The standard InChI is InChI=1S/C22H32N2O5/c1-6-14-28-19-9-7-8-18-16(19)12-13-24(18)20(26)11-10-17(15(2)25)23-21(27)29-22(3,4)5/h7-9,17H,6,10-14H2,1-5H3,(H,23,27). The van der Waals surface area contributed by atoms with Gasteiger partial charge in [-0.15, -0.1) is 0 Å². The number of Topliss-reactive ketones (excluding diaryl/α,β-unsaturated/α-hetero) is 1. The SMILES string of the molecule is CCCOc1cccc2c1CCN2C(=O)CCC(NC(=O)OC(C)(C)C)C(C)=O. The van der Waals surface area contributed by atoms with Gasteiger partial charge in [-0.1, -0.05) is 13.0 Å². The molecule has 2 rings (SSSR count). The largest absolute Gasteiger partial charge is 0.493 e. The van der Waals surface area contributed by atoms with Gasteiger partial charge in [0.25, 0.3) is 0 Å². The first kappa shape index (κ1) is 22.7. The number of ether oxygens (including phenoxy) is 2. The number of ketones is 1. The van der Waals surface area contributed by atoms with Crippen molar-refractivity contribution in [3.63, 3.8) is 0 Å². The van der Waals surface area contributed by atoms with Crippen molar-refractivity contribution in [2.75, 3.05) is 18.1 Å². The molecule has 2 amide bonds. The van der Waals surface area contributed by atoms with E-state index in [2.05, 4.69) is 12.2 Å². The van der Waals surface area contributed by atoms with E-state index in [1.54, 1.807) is 25.7 Å². The van der Waals surface area contributed by atoms with Gasteiger partial charge in [-0.05, 0) is 59.1 Å². The van der Waals surface area contributed by atoms with E-state index in [1.807, 2.05) is 18.2 Å². The van der Waals surface area contributed by atoms with E-state index in [0.29, 0.717) is 13.2 Å². The number of anilines is 1. The van der Waals surface area contributed by atoms with Crippen LogP contribution in [0.1, 0.15) is 59.4 Å². The Hall–Kier alpha value is -2.57. The fraction of sp³-hybridized carbons (Fsp3) is 0.591. The van der Waals surface area contributed by atoms with E-state index >= 15 is 0 Å². The number of rotatable bonds is 8. The Labute approximate surface area is 172 Å². The number of amides is 2. The Kier molecular flexibility index (Phi) is 7.65. The highest BCUT2D eigenvalue weighted by molar-refractivity contribution is 5.96. The van der Waals surface area contributed by atoms with Gasteiger partial charge in [0.1, 0.15) is 11.4 Å². The Morgan fingerprint density at radius 1 is 1.24 bits per heavy atom. The second-order valence-electron chi connectivity index (χ2n) is 8.25. The fourth-order valence-corrected chi connectivity index (χ4v) is 3.24. The molecule has 7 nitrogen and oxygen atoms in total. The maximum absolute atomic E-state index is 12.8. The van der Waals surface area contributed by atoms with Crippen molar-refractivity contribution >= 4 is 23.5 Å². The molecular formula is C22H32N2O5. The predicted octanol–water partition coefficient (Wildman–Crippen LogP) is 3.63. The van der Waals surface area contributed by atoms with Gasteiger partial charge in [0, 0.05) is 18.5 Å². The van der Waals surface area contributed by atoms with Crippen molar-refractivity contribution in [3.05, 3.63) is 23.8 Å². The molecule has 29 heavy (non-hydrogen) atoms. The van der Waals surface area contributed by atoms with E-state index in [4.69, 9.17) is 9.47 Å². The minimum atomic E-state index is -0.755. The number of carbonyl (C=O) groups is 3. The van der Waals surface area contributed by atoms with Gasteiger partial charge in [-0.3, -0.25) is 9.59 Å². The van der Waals surface area contributed by atoms with Gasteiger partial charge in [0.05, 0.1) is 18.3 Å². The Bertz CT molecular complexity index is 754. The van der Waals surface area contributed by atoms with Crippen LogP contribution in [0, 0.1) is 0 Å². The molecule has 0 spiro atoms. The molecule has 1 atom stereocenters. The summed E-state index contributed by atoms with van der Waals surface area (Å²) in [5.74, 6) is 0.544. The second kappa shape index (κ2) is 9.76. The van der Waals surface area contributed by atoms with Crippen LogP contribution in [0.25, 0.3) is 0 Å². The van der Waals surface area contributed by atoms with Crippen LogP contribution in [0.3, 0.4) is 0 Å². The lowest BCUT2D eigenvalue weighted by Gasteiger charge is -2.23. The predicted molar refractivity (Wildman–Crippen MR) is 111 cm³/mol. The maximum atomic E-state index is 12.8. The molecule has 0 aromatic heterocycles. The third kappa shape index (κ3) is 6.48. The third-order valence-corrected chi connectivity index (χ3v) is 4.58. The first-order chi connectivity index (χ1) is 13.6. The molecule has 0 radical (unpaired) electrons. The fourth-order valence-electron chi connectivity index (χ4n) is 3.24. The summed E-state index contributed by atoms with van der Waals surface area (Å²) in [6, 6.07) is 4.98. The number of hydrogen-bond donors (Lipinski definition) is 1. The summed E-state index contributed by atoms with van der Waals surface area (Å²) in [6.07, 6.45) is 1.39. The normalized spacial score (nSPS) is 14.2. The molecule has 1 N–H and O–H groups in total. The molecule has 1 aliphatic heterocycles. The van der Waals surface area contributed by atoms with Crippen molar-refractivity contribution in [2.45, 2.75) is 71.9 Å². The Morgan fingerprint density at radius 3 is 2.59 bits per heavy atom. The molecule has 0 bridgehead atoms. The molecule has 1 aromatic carbocycles. The minimum Gasteiger partial charge on any atom is -0.493 e. The summed E-state index contributed by atoms with van der Waals surface area (Å²) in [7, 11) is 0. The van der Waals surface area contributed by atoms with E-state index in [-0.39, 0.29) is 24.5 Å². The van der Waals surface area contributed by atoms with Crippen LogP contribution in [-0.2, 0) is 20.7 Å². The van der Waals surface area contributed by atoms with Crippen LogP contribution in [-0.4, -0.2) is 42.6 Å². The first-order valence-corrected chi connectivity index (χ1v) is 10.2. The topological polar surface area (TPSA) is 84.9 Å². The number of hydrogen-bond acceptors (Lipinski definition) is 5. The summed E-state index contributed by atoms with van der Waals surface area (Å²) in [4.78, 5) is 38.4. The molecule has 0 aliphatic carbocycles. The first-order valence-electron chi connectivity index (χ1n) is 10.2. The lowest BCUT2D eigenvalue weighted by atomic mass is 10.1. The molecule has 0 saturated heterocycles. The summed E-state index contributed by atoms with van der Waals surface area (Å²) in [6.45, 7) is 9.93. The van der Waals surface area contributed by atoms with Crippen LogP contribution in [0.15, 0.2) is 18.2 Å². The Balaban J connectivity index is 1.98. The monoisotopic (exact) mass is 404 g/mol. The van der Waals surface area contributed by atoms with Gasteiger partial charge >= 0.3 is 6.09 Å². The molecule has 1 aromatic rings. The van der Waals surface area contributed by atoms with Crippen molar-refractivity contribution < 1.29 is 23.9 Å². The molecule has 0 saturated carbocycles. The van der Waals surface area contributed by atoms with Gasteiger partial charge < -0.3 is 19.7 Å². The van der Waals surface area contributed by atoms with Crippen molar-refractivity contribution in [2.24, 2.45) is 0 Å². The quantitative estimate of drug-likeness (QED) is 0.715. The highest BCUT2D eigenvalue weighted by Gasteiger charge is 2.28. The number of nitrogens with zero attached hydrogens (tertiary/aromatic N) is 1. The van der Waals surface area contributed by atoms with Gasteiger partial charge in [-0.2, -0.15) is 0 Å². The van der Waals surface area contributed by atoms with Gasteiger partial charge in [0.15, 0.2) is 5.78 Å². The highest BCUT2D eigenvalue weighted by atomic mass is 16.6. The van der Waals surface area contributed by atoms with Crippen LogP contribution in [0.4, 0.5) is 10.5 Å². The second-order valence-corrected chi connectivity index (χ2v) is 8.25. The van der Waals surface area contributed by atoms with Crippen molar-refractivity contribution in [1.29, 1.82) is 0 Å². The van der Waals surface area contributed by atoms with E-state index in [1.165, 1.54) is 6.92 Å². The van der Waals surface area contributed by atoms with E-state index in [9.17, 15) is 14.4 Å². The molecule has 1 unspecified atom stereocenters. The molecule has 1 aliphatic rings. The molecular weight excluding hydrogens is 372 g/mol. The molecule has 0 fully saturated rings. The zero-order valence-corrected chi connectivity index (χ0v) is 18.0. The third-order valence-electron chi connectivity index (χ3n) is 4.58. The number of alkyl carbamates (subject to hydrolysis) is 1. The lowest BCUT2D eigenvalue weighted by molar-refractivity contribution is -0.120. The highest BCUT2D eigenvalue weighted by Crippen LogP contribution is 2.35. The average Bonchev–Trinajstić information content (AvgIpc) is 3.06. The lowest BCUT2D eigenvalue weighted by Crippen LogP contribution is -2.43. The number of nitrogens with one attached hydrogen (secondary N) is 1. The van der Waals surface area contributed by atoms with Gasteiger partial charge in [-0.25, -0.2) is 4.79 Å². The van der Waals surface area contributed by atoms with Crippen LogP contribution in [0.5, 0.6) is 5.75 Å². The van der Waals surface area contributed by atoms with E-state index < -0.39 is 17.7 Å². The maximum Gasteiger partial charge on any atom is 0.408 e. The molecule has 7 heteroatoms. The van der Waals surface area contributed by atoms with E-state index in [0.717, 1.165) is 29.8 Å². The van der Waals surface area contributed by atoms with Crippen LogP contribution >= 0.6 is 0 Å². The van der Waals surface area contributed by atoms with Crippen molar-refractivity contribution in [1.82, 2.24) is 5.32 Å². The van der Waals surface area contributed by atoms with Gasteiger partial charge in [0.2, 0.25) is 5.91 Å². The number of benzene rings is 1. The summed E-state index contributed by atoms with van der Waals surface area (Å²) < 4.78 is 11.0. The summed E-state index contributed by atoms with van der Waals surface area (Å²) >= 11 is 0. The zero-order valence-electron chi connectivity index (χ0n) is 18.0. The van der Waals surface area contributed by atoms with Crippen molar-refractivity contribution in [3.8, 4) is 5.75 Å². The number of fused-ring (bicyclic) bond motifs is 1. The average molecular weight is 405 g/mol. The summed E-state index contributed by atoms with van der Waals surface area (Å²) in [5.41, 5.74) is 1.25. The minimum absolute atomic E-state index is 0.0753. The molecule has 160 valence electrons. The Morgan fingerprint density at radius 2 is 1.97 bits per heavy atom.